The van der Waals surface area contributed by atoms with Gasteiger partial charge in [0.05, 0.1) is 8.66 Å². The van der Waals surface area contributed by atoms with Crippen LogP contribution >= 0.6 is 27.3 Å². The summed E-state index contributed by atoms with van der Waals surface area (Å²) in [6.45, 7) is 2.85. The fourth-order valence-corrected chi connectivity index (χ4v) is 3.28. The summed E-state index contributed by atoms with van der Waals surface area (Å²) in [4.78, 5) is 5.42. The molecule has 2 heterocycles. The summed E-state index contributed by atoms with van der Waals surface area (Å²) in [7, 11) is 0. The Balaban J connectivity index is 1.59. The molecule has 0 aliphatic heterocycles. The number of aryl methyl sites for hydroxylation is 1. The lowest BCUT2D eigenvalue weighted by Crippen LogP contribution is -2.06. The molecule has 0 saturated heterocycles. The van der Waals surface area contributed by atoms with E-state index in [0.29, 0.717) is 18.1 Å². The zero-order valence-electron chi connectivity index (χ0n) is 11.5. The van der Waals surface area contributed by atoms with E-state index in [2.05, 4.69) is 50.4 Å². The van der Waals surface area contributed by atoms with Gasteiger partial charge in [-0.15, -0.1) is 11.3 Å². The maximum atomic E-state index is 5.29. The van der Waals surface area contributed by atoms with Gasteiger partial charge in [0.1, 0.15) is 0 Å². The largest absolute Gasteiger partial charge is 0.384 e. The van der Waals surface area contributed by atoms with Crippen molar-refractivity contribution in [3.8, 4) is 10.7 Å². The molecule has 0 atom stereocenters. The summed E-state index contributed by atoms with van der Waals surface area (Å²) in [6, 6.07) is 12.2. The fourth-order valence-electron chi connectivity index (χ4n) is 1.97. The maximum Gasteiger partial charge on any atom is 0.228 e. The van der Waals surface area contributed by atoms with Crippen molar-refractivity contribution >= 4 is 33.0 Å². The van der Waals surface area contributed by atoms with Crippen molar-refractivity contribution in [3.63, 3.8) is 0 Å². The minimum Gasteiger partial charge on any atom is -0.384 e. The van der Waals surface area contributed by atoms with Gasteiger partial charge in [-0.05, 0) is 46.6 Å². The Morgan fingerprint density at radius 2 is 2.10 bits per heavy atom. The van der Waals surface area contributed by atoms with Gasteiger partial charge in [0.15, 0.2) is 0 Å². The van der Waals surface area contributed by atoms with Gasteiger partial charge in [-0.3, -0.25) is 0 Å². The molecule has 0 fully saturated rings. The van der Waals surface area contributed by atoms with Gasteiger partial charge in [-0.1, -0.05) is 23.4 Å². The van der Waals surface area contributed by atoms with E-state index < -0.39 is 0 Å². The minimum atomic E-state index is 0.649. The Labute approximate surface area is 135 Å². The molecule has 2 aromatic heterocycles. The molecule has 0 radical (unpaired) electrons. The predicted molar refractivity (Wildman–Crippen MR) is 88.7 cm³/mol. The van der Waals surface area contributed by atoms with Crippen LogP contribution in [-0.2, 0) is 6.42 Å². The van der Waals surface area contributed by atoms with Crippen LogP contribution in [-0.4, -0.2) is 16.7 Å². The van der Waals surface area contributed by atoms with Crippen LogP contribution in [0.1, 0.15) is 11.5 Å². The van der Waals surface area contributed by atoms with E-state index in [0.717, 1.165) is 20.9 Å². The van der Waals surface area contributed by atoms with Gasteiger partial charge < -0.3 is 9.84 Å². The maximum absolute atomic E-state index is 5.29. The number of hydrogen-bond donors (Lipinski definition) is 1. The van der Waals surface area contributed by atoms with Crippen molar-refractivity contribution in [2.24, 2.45) is 0 Å². The number of hydrogen-bond acceptors (Lipinski definition) is 5. The molecule has 0 spiro atoms. The third-order valence-corrected chi connectivity index (χ3v) is 4.68. The number of nitrogens with one attached hydrogen (secondary N) is 1. The fraction of sp³-hybridized carbons (Fsp3) is 0.200. The first-order valence-corrected chi connectivity index (χ1v) is 8.21. The number of benzene rings is 1. The zero-order chi connectivity index (χ0) is 14.7. The molecular formula is C15H14BrN3OS. The Hall–Kier alpha value is -1.66. The second kappa shape index (κ2) is 6.41. The summed E-state index contributed by atoms with van der Waals surface area (Å²) in [5.41, 5.74) is 2.37. The van der Waals surface area contributed by atoms with E-state index in [4.69, 9.17) is 4.52 Å². The Morgan fingerprint density at radius 3 is 2.86 bits per heavy atom. The van der Waals surface area contributed by atoms with Crippen LogP contribution in [0.2, 0.25) is 0 Å². The van der Waals surface area contributed by atoms with E-state index >= 15 is 0 Å². The third kappa shape index (κ3) is 3.51. The topological polar surface area (TPSA) is 51.0 Å². The van der Waals surface area contributed by atoms with Crippen LogP contribution in [0.4, 0.5) is 5.69 Å². The van der Waals surface area contributed by atoms with Gasteiger partial charge >= 0.3 is 0 Å². The van der Waals surface area contributed by atoms with Gasteiger partial charge in [0, 0.05) is 18.7 Å². The van der Waals surface area contributed by atoms with Crippen LogP contribution in [0, 0.1) is 6.92 Å². The number of nitrogens with zero attached hydrogens (tertiary/aromatic N) is 2. The summed E-state index contributed by atoms with van der Waals surface area (Å²) in [5, 5.41) is 7.40. The lowest BCUT2D eigenvalue weighted by molar-refractivity contribution is 0.381. The molecule has 0 saturated carbocycles. The number of anilines is 1. The Morgan fingerprint density at radius 1 is 1.24 bits per heavy atom. The second-order valence-corrected chi connectivity index (χ2v) is 7.07. The Kier molecular flexibility index (Phi) is 4.36. The van der Waals surface area contributed by atoms with E-state index in [-0.39, 0.29) is 0 Å². The van der Waals surface area contributed by atoms with Crippen LogP contribution in [0.3, 0.4) is 0 Å². The molecule has 1 N–H and O–H groups in total. The molecule has 1 aromatic carbocycles. The zero-order valence-corrected chi connectivity index (χ0v) is 13.9. The lowest BCUT2D eigenvalue weighted by Gasteiger charge is -2.07. The number of aromatic nitrogens is 2. The smallest absolute Gasteiger partial charge is 0.228 e. The highest BCUT2D eigenvalue weighted by Gasteiger charge is 2.10. The number of rotatable bonds is 5. The quantitative estimate of drug-likeness (QED) is 0.723. The summed E-state index contributed by atoms with van der Waals surface area (Å²) < 4.78 is 6.35. The van der Waals surface area contributed by atoms with Crippen molar-refractivity contribution in [1.29, 1.82) is 0 Å². The monoisotopic (exact) mass is 363 g/mol. The number of thiophene rings is 1. The number of halogens is 1. The molecule has 0 bridgehead atoms. The molecule has 0 amide bonds. The van der Waals surface area contributed by atoms with Crippen LogP contribution in [0.5, 0.6) is 0 Å². The standard InChI is InChI=1S/C15H14BrN3OS/c1-10-4-2-3-5-11(10)17-9-8-14-18-15(19-20-14)12-6-7-13(16)21-12/h2-7,17H,8-9H2,1H3. The number of para-hydroxylation sites is 1. The highest BCUT2D eigenvalue weighted by molar-refractivity contribution is 9.11. The van der Waals surface area contributed by atoms with Crippen LogP contribution < -0.4 is 5.32 Å². The minimum absolute atomic E-state index is 0.649. The molecule has 6 heteroatoms. The van der Waals surface area contributed by atoms with E-state index in [1.165, 1.54) is 5.56 Å². The summed E-state index contributed by atoms with van der Waals surface area (Å²) >= 11 is 5.03. The van der Waals surface area contributed by atoms with Gasteiger partial charge in [0.2, 0.25) is 11.7 Å². The average molecular weight is 364 g/mol. The molecule has 3 rings (SSSR count). The first kappa shape index (κ1) is 14.3. The highest BCUT2D eigenvalue weighted by Crippen LogP contribution is 2.29. The Bertz CT molecular complexity index is 738. The average Bonchev–Trinajstić information content (AvgIpc) is 3.10. The van der Waals surface area contributed by atoms with Crippen LogP contribution in [0.15, 0.2) is 44.7 Å². The van der Waals surface area contributed by atoms with Crippen molar-refractivity contribution in [2.75, 3.05) is 11.9 Å². The molecular weight excluding hydrogens is 350 g/mol. The normalized spacial score (nSPS) is 10.8. The molecule has 4 nitrogen and oxygen atoms in total. The van der Waals surface area contributed by atoms with Crippen molar-refractivity contribution < 1.29 is 4.52 Å². The van der Waals surface area contributed by atoms with Gasteiger partial charge in [0.25, 0.3) is 0 Å². The second-order valence-electron chi connectivity index (χ2n) is 4.61. The summed E-state index contributed by atoms with van der Waals surface area (Å²) in [6.07, 6.45) is 0.702. The first-order valence-electron chi connectivity index (χ1n) is 6.60. The summed E-state index contributed by atoms with van der Waals surface area (Å²) in [5.74, 6) is 1.30. The predicted octanol–water partition coefficient (Wildman–Crippen LogP) is 4.52. The molecule has 3 aromatic rings. The van der Waals surface area contributed by atoms with Gasteiger partial charge in [-0.2, -0.15) is 4.98 Å². The van der Waals surface area contributed by atoms with E-state index in [9.17, 15) is 0 Å². The first-order chi connectivity index (χ1) is 10.2. The van der Waals surface area contributed by atoms with Gasteiger partial charge in [-0.25, -0.2) is 0 Å². The molecule has 0 aliphatic rings. The third-order valence-electron chi connectivity index (χ3n) is 3.06. The molecule has 108 valence electrons. The van der Waals surface area contributed by atoms with Crippen LogP contribution in [0.25, 0.3) is 10.7 Å². The molecule has 0 unspecified atom stereocenters. The van der Waals surface area contributed by atoms with Crippen molar-refractivity contribution in [3.05, 3.63) is 51.6 Å². The van der Waals surface area contributed by atoms with E-state index in [1.807, 2.05) is 24.3 Å². The highest BCUT2D eigenvalue weighted by atomic mass is 79.9. The molecule has 0 aliphatic carbocycles. The SMILES string of the molecule is Cc1ccccc1NCCc1nc(-c2ccc(Br)s2)no1. The van der Waals surface area contributed by atoms with E-state index in [1.54, 1.807) is 11.3 Å². The lowest BCUT2D eigenvalue weighted by atomic mass is 10.2. The van der Waals surface area contributed by atoms with Crippen molar-refractivity contribution in [1.82, 2.24) is 10.1 Å². The molecule has 21 heavy (non-hydrogen) atoms. The van der Waals surface area contributed by atoms with Crippen molar-refractivity contribution in [2.45, 2.75) is 13.3 Å².